The van der Waals surface area contributed by atoms with Gasteiger partial charge in [0, 0.05) is 10.6 Å². The highest BCUT2D eigenvalue weighted by Crippen LogP contribution is 2.29. The van der Waals surface area contributed by atoms with Crippen molar-refractivity contribution in [3.8, 4) is 6.07 Å². The Hall–Kier alpha value is -1.12. The number of hydrogen-bond acceptors (Lipinski definition) is 3. The number of nitrogens with zero attached hydrogens (tertiary/aromatic N) is 2. The molecular formula is C12H13ClN2O2. The number of hydroxylamine groups is 3. The molecule has 1 aliphatic rings. The predicted octanol–water partition coefficient (Wildman–Crippen LogP) is 2.25. The van der Waals surface area contributed by atoms with E-state index in [0.29, 0.717) is 36.9 Å². The molecular weight excluding hydrogens is 240 g/mol. The van der Waals surface area contributed by atoms with E-state index in [9.17, 15) is 10.5 Å². The van der Waals surface area contributed by atoms with Gasteiger partial charge in [-0.15, -0.1) is 0 Å². The molecule has 1 fully saturated rings. The first-order chi connectivity index (χ1) is 8.15. The van der Waals surface area contributed by atoms with Crippen LogP contribution in [0, 0.1) is 16.5 Å². The fourth-order valence-electron chi connectivity index (χ4n) is 2.01. The second-order valence-electron chi connectivity index (χ2n) is 4.10. The minimum absolute atomic E-state index is 0.320. The lowest BCUT2D eigenvalue weighted by Gasteiger charge is -2.48. The van der Waals surface area contributed by atoms with Crippen LogP contribution in [-0.4, -0.2) is 30.9 Å². The molecule has 1 heterocycles. The molecule has 0 N–H and O–H groups in total. The molecule has 1 aromatic rings. The van der Waals surface area contributed by atoms with Crippen LogP contribution in [0.15, 0.2) is 24.3 Å². The molecule has 1 atom stereocenters. The number of ether oxygens (including phenoxy) is 1. The van der Waals surface area contributed by atoms with Gasteiger partial charge >= 0.3 is 0 Å². The van der Waals surface area contributed by atoms with E-state index in [1.807, 2.05) is 0 Å². The molecule has 0 saturated carbocycles. The van der Waals surface area contributed by atoms with E-state index in [4.69, 9.17) is 16.3 Å². The van der Waals surface area contributed by atoms with Gasteiger partial charge in [0.1, 0.15) is 19.2 Å². The van der Waals surface area contributed by atoms with Crippen LogP contribution in [0.4, 0.5) is 0 Å². The number of quaternary nitrogens is 1. The lowest BCUT2D eigenvalue weighted by Crippen LogP contribution is -2.52. The molecule has 0 radical (unpaired) electrons. The van der Waals surface area contributed by atoms with Gasteiger partial charge < -0.3 is 14.6 Å². The Morgan fingerprint density at radius 1 is 1.29 bits per heavy atom. The number of halogens is 1. The van der Waals surface area contributed by atoms with Crippen molar-refractivity contribution < 1.29 is 9.38 Å². The Morgan fingerprint density at radius 3 is 2.41 bits per heavy atom. The third-order valence-corrected chi connectivity index (χ3v) is 3.26. The highest BCUT2D eigenvalue weighted by atomic mass is 35.5. The summed E-state index contributed by atoms with van der Waals surface area (Å²) in [4.78, 5) is 0. The van der Waals surface area contributed by atoms with Crippen LogP contribution >= 0.6 is 11.6 Å². The second kappa shape index (κ2) is 5.03. The third-order valence-electron chi connectivity index (χ3n) is 3.01. The molecule has 4 nitrogen and oxygen atoms in total. The summed E-state index contributed by atoms with van der Waals surface area (Å²) < 4.78 is 4.64. The molecule has 17 heavy (non-hydrogen) atoms. The topological polar surface area (TPSA) is 56.1 Å². The van der Waals surface area contributed by atoms with Gasteiger partial charge in [-0.2, -0.15) is 5.26 Å². The summed E-state index contributed by atoms with van der Waals surface area (Å²) in [6, 6.07) is 8.29. The van der Waals surface area contributed by atoms with E-state index in [0.717, 1.165) is 0 Å². The Morgan fingerprint density at radius 2 is 1.88 bits per heavy atom. The van der Waals surface area contributed by atoms with Crippen LogP contribution in [-0.2, 0) is 4.74 Å². The van der Waals surface area contributed by atoms with Crippen molar-refractivity contribution in [1.29, 1.82) is 5.26 Å². The first kappa shape index (κ1) is 12.3. The number of benzene rings is 1. The van der Waals surface area contributed by atoms with E-state index in [2.05, 4.69) is 6.07 Å². The molecule has 1 saturated heterocycles. The maximum absolute atomic E-state index is 12.5. The van der Waals surface area contributed by atoms with Crippen LogP contribution in [0.2, 0.25) is 5.02 Å². The minimum Gasteiger partial charge on any atom is -0.631 e. The van der Waals surface area contributed by atoms with Crippen LogP contribution in [0.5, 0.6) is 0 Å². The molecule has 0 amide bonds. The van der Waals surface area contributed by atoms with Gasteiger partial charge in [-0.05, 0) is 12.1 Å². The first-order valence-corrected chi connectivity index (χ1v) is 5.84. The number of morpholine rings is 1. The van der Waals surface area contributed by atoms with Gasteiger partial charge in [0.25, 0.3) is 0 Å². The summed E-state index contributed by atoms with van der Waals surface area (Å²) in [5.74, 6) is 0. The van der Waals surface area contributed by atoms with Crippen molar-refractivity contribution >= 4 is 11.6 Å². The van der Waals surface area contributed by atoms with Gasteiger partial charge in [0.2, 0.25) is 6.04 Å². The van der Waals surface area contributed by atoms with Crippen molar-refractivity contribution in [3.63, 3.8) is 0 Å². The highest BCUT2D eigenvalue weighted by Gasteiger charge is 2.32. The summed E-state index contributed by atoms with van der Waals surface area (Å²) in [6.07, 6.45) is 0. The Bertz CT molecular complexity index is 421. The van der Waals surface area contributed by atoms with Crippen molar-refractivity contribution in [3.05, 3.63) is 40.1 Å². The fraction of sp³-hybridized carbons (Fsp3) is 0.417. The van der Waals surface area contributed by atoms with Gasteiger partial charge in [-0.3, -0.25) is 0 Å². The zero-order valence-corrected chi connectivity index (χ0v) is 10.1. The van der Waals surface area contributed by atoms with E-state index >= 15 is 0 Å². The summed E-state index contributed by atoms with van der Waals surface area (Å²) >= 11 is 5.79. The van der Waals surface area contributed by atoms with Crippen LogP contribution in [0.25, 0.3) is 0 Å². The molecule has 0 aromatic heterocycles. The summed E-state index contributed by atoms with van der Waals surface area (Å²) in [5, 5.41) is 22.4. The highest BCUT2D eigenvalue weighted by molar-refractivity contribution is 6.30. The number of rotatable bonds is 2. The summed E-state index contributed by atoms with van der Waals surface area (Å²) in [5.41, 5.74) is 0.716. The molecule has 2 rings (SSSR count). The largest absolute Gasteiger partial charge is 0.631 e. The first-order valence-electron chi connectivity index (χ1n) is 5.46. The quantitative estimate of drug-likeness (QED) is 0.599. The second-order valence-corrected chi connectivity index (χ2v) is 4.53. The van der Waals surface area contributed by atoms with Crippen molar-refractivity contribution in [2.24, 2.45) is 0 Å². The van der Waals surface area contributed by atoms with E-state index in [1.165, 1.54) is 0 Å². The molecule has 1 aromatic carbocycles. The lowest BCUT2D eigenvalue weighted by atomic mass is 10.1. The number of nitriles is 1. The van der Waals surface area contributed by atoms with Gasteiger partial charge in [0.15, 0.2) is 0 Å². The maximum Gasteiger partial charge on any atom is 0.202 e. The zero-order chi connectivity index (χ0) is 12.3. The smallest absolute Gasteiger partial charge is 0.202 e. The SMILES string of the molecule is N#CC(c1ccc(Cl)cc1)[N+]1([O-])CCOCC1. The van der Waals surface area contributed by atoms with Gasteiger partial charge in [-0.25, -0.2) is 0 Å². The van der Waals surface area contributed by atoms with Crippen molar-refractivity contribution in [2.45, 2.75) is 6.04 Å². The van der Waals surface area contributed by atoms with Crippen LogP contribution in [0.3, 0.4) is 0 Å². The van der Waals surface area contributed by atoms with Crippen LogP contribution < -0.4 is 0 Å². The van der Waals surface area contributed by atoms with Crippen molar-refractivity contribution in [2.75, 3.05) is 26.3 Å². The molecule has 0 aliphatic carbocycles. The average molecular weight is 253 g/mol. The number of hydrogen-bond donors (Lipinski definition) is 0. The lowest BCUT2D eigenvalue weighted by molar-refractivity contribution is -0.910. The molecule has 90 valence electrons. The van der Waals surface area contributed by atoms with Crippen LogP contribution in [0.1, 0.15) is 11.6 Å². The third kappa shape index (κ3) is 2.59. The normalized spacial score (nSPS) is 20.5. The molecule has 5 heteroatoms. The Labute approximate surface area is 105 Å². The van der Waals surface area contributed by atoms with E-state index in [1.54, 1.807) is 24.3 Å². The molecule has 0 bridgehead atoms. The standard InChI is InChI=1S/C12H13ClN2O2/c13-11-3-1-10(2-4-11)12(9-14)15(16)5-7-17-8-6-15/h1-4,12H,5-8H2. The predicted molar refractivity (Wildman–Crippen MR) is 64.0 cm³/mol. The minimum atomic E-state index is -0.698. The maximum atomic E-state index is 12.5. The Kier molecular flexibility index (Phi) is 3.65. The molecule has 1 unspecified atom stereocenters. The Balaban J connectivity index is 2.27. The summed E-state index contributed by atoms with van der Waals surface area (Å²) in [6.45, 7) is 1.46. The molecule has 1 aliphatic heterocycles. The van der Waals surface area contributed by atoms with E-state index in [-0.39, 0.29) is 0 Å². The average Bonchev–Trinajstić information content (AvgIpc) is 2.33. The van der Waals surface area contributed by atoms with Gasteiger partial charge in [-0.1, -0.05) is 23.7 Å². The van der Waals surface area contributed by atoms with Crippen molar-refractivity contribution in [1.82, 2.24) is 0 Å². The monoisotopic (exact) mass is 252 g/mol. The summed E-state index contributed by atoms with van der Waals surface area (Å²) in [7, 11) is 0. The fourth-order valence-corrected chi connectivity index (χ4v) is 2.13. The van der Waals surface area contributed by atoms with Gasteiger partial charge in [0.05, 0.1) is 13.2 Å². The van der Waals surface area contributed by atoms with E-state index < -0.39 is 10.7 Å². The molecule has 0 spiro atoms. The zero-order valence-electron chi connectivity index (χ0n) is 9.30.